The summed E-state index contributed by atoms with van der Waals surface area (Å²) < 4.78 is 10.6. The van der Waals surface area contributed by atoms with E-state index in [1.807, 2.05) is 38.1 Å². The number of carbonyl (C=O) groups is 1. The Labute approximate surface area is 108 Å². The van der Waals surface area contributed by atoms with Gasteiger partial charge in [-0.1, -0.05) is 36.4 Å². The Kier molecular flexibility index (Phi) is 5.59. The normalized spacial score (nSPS) is 11.9. The SMILES string of the molecule is C=C(C)C(=O)OCC(C)OCc1ccc(C)cc1. The summed E-state index contributed by atoms with van der Waals surface area (Å²) in [6.07, 6.45) is -0.130. The van der Waals surface area contributed by atoms with Crippen molar-refractivity contribution in [3.63, 3.8) is 0 Å². The molecule has 3 heteroatoms. The van der Waals surface area contributed by atoms with Crippen LogP contribution in [0.2, 0.25) is 0 Å². The molecule has 98 valence electrons. The number of hydrogen-bond donors (Lipinski definition) is 0. The highest BCUT2D eigenvalue weighted by Gasteiger charge is 2.08. The van der Waals surface area contributed by atoms with Gasteiger partial charge in [0.25, 0.3) is 0 Å². The van der Waals surface area contributed by atoms with Gasteiger partial charge in [-0.3, -0.25) is 0 Å². The first-order valence-corrected chi connectivity index (χ1v) is 5.99. The third kappa shape index (κ3) is 5.15. The van der Waals surface area contributed by atoms with Crippen LogP contribution in [0.3, 0.4) is 0 Å². The van der Waals surface area contributed by atoms with Gasteiger partial charge < -0.3 is 9.47 Å². The van der Waals surface area contributed by atoms with Crippen LogP contribution in [-0.2, 0) is 20.9 Å². The lowest BCUT2D eigenvalue weighted by Crippen LogP contribution is -2.19. The fourth-order valence-electron chi connectivity index (χ4n) is 1.29. The van der Waals surface area contributed by atoms with Crippen LogP contribution in [0, 0.1) is 6.92 Å². The monoisotopic (exact) mass is 248 g/mol. The van der Waals surface area contributed by atoms with Gasteiger partial charge in [0.1, 0.15) is 6.61 Å². The molecule has 1 unspecified atom stereocenters. The predicted octanol–water partition coefficient (Wildman–Crippen LogP) is 3.02. The summed E-state index contributed by atoms with van der Waals surface area (Å²) in [5, 5.41) is 0. The van der Waals surface area contributed by atoms with Crippen molar-refractivity contribution in [1.29, 1.82) is 0 Å². The molecule has 0 bridgehead atoms. The van der Waals surface area contributed by atoms with Crippen LogP contribution in [0.4, 0.5) is 0 Å². The maximum Gasteiger partial charge on any atom is 0.333 e. The highest BCUT2D eigenvalue weighted by atomic mass is 16.6. The Morgan fingerprint density at radius 3 is 2.50 bits per heavy atom. The number of esters is 1. The molecule has 0 amide bonds. The average molecular weight is 248 g/mol. The lowest BCUT2D eigenvalue weighted by atomic mass is 10.2. The Hall–Kier alpha value is -1.61. The molecule has 0 saturated heterocycles. The first-order valence-electron chi connectivity index (χ1n) is 5.99. The van der Waals surface area contributed by atoms with E-state index in [0.29, 0.717) is 12.2 Å². The summed E-state index contributed by atoms with van der Waals surface area (Å²) in [6.45, 7) is 9.83. The van der Waals surface area contributed by atoms with Gasteiger partial charge in [-0.15, -0.1) is 0 Å². The fourth-order valence-corrected chi connectivity index (χ4v) is 1.29. The van der Waals surface area contributed by atoms with Crippen molar-refractivity contribution < 1.29 is 14.3 Å². The summed E-state index contributed by atoms with van der Waals surface area (Å²) in [6, 6.07) is 8.15. The van der Waals surface area contributed by atoms with Gasteiger partial charge in [0, 0.05) is 5.57 Å². The van der Waals surface area contributed by atoms with Crippen molar-refractivity contribution in [2.75, 3.05) is 6.61 Å². The molecule has 1 aromatic rings. The third-order valence-electron chi connectivity index (χ3n) is 2.45. The van der Waals surface area contributed by atoms with E-state index in [-0.39, 0.29) is 18.7 Å². The molecule has 1 rings (SSSR count). The quantitative estimate of drug-likeness (QED) is 0.573. The summed E-state index contributed by atoms with van der Waals surface area (Å²) in [7, 11) is 0. The topological polar surface area (TPSA) is 35.5 Å². The summed E-state index contributed by atoms with van der Waals surface area (Å²) in [5.74, 6) is -0.374. The van der Waals surface area contributed by atoms with Crippen LogP contribution in [0.1, 0.15) is 25.0 Å². The van der Waals surface area contributed by atoms with E-state index in [1.54, 1.807) is 6.92 Å². The van der Waals surface area contributed by atoms with Crippen molar-refractivity contribution in [1.82, 2.24) is 0 Å². The van der Waals surface area contributed by atoms with E-state index in [2.05, 4.69) is 6.58 Å². The van der Waals surface area contributed by atoms with Gasteiger partial charge in [-0.2, -0.15) is 0 Å². The van der Waals surface area contributed by atoms with Crippen LogP contribution >= 0.6 is 0 Å². The minimum Gasteiger partial charge on any atom is -0.460 e. The molecule has 18 heavy (non-hydrogen) atoms. The smallest absolute Gasteiger partial charge is 0.333 e. The Morgan fingerprint density at radius 1 is 1.33 bits per heavy atom. The average Bonchev–Trinajstić information content (AvgIpc) is 2.35. The number of hydrogen-bond acceptors (Lipinski definition) is 3. The van der Waals surface area contributed by atoms with Crippen molar-refractivity contribution in [3.05, 3.63) is 47.5 Å². The van der Waals surface area contributed by atoms with Crippen molar-refractivity contribution in [2.24, 2.45) is 0 Å². The van der Waals surface area contributed by atoms with E-state index >= 15 is 0 Å². The van der Waals surface area contributed by atoms with Gasteiger partial charge in [0.2, 0.25) is 0 Å². The van der Waals surface area contributed by atoms with Crippen LogP contribution in [0.5, 0.6) is 0 Å². The largest absolute Gasteiger partial charge is 0.460 e. The minimum absolute atomic E-state index is 0.130. The molecule has 0 aromatic heterocycles. The van der Waals surface area contributed by atoms with Gasteiger partial charge in [-0.05, 0) is 26.3 Å². The van der Waals surface area contributed by atoms with E-state index in [0.717, 1.165) is 5.56 Å². The molecule has 0 fully saturated rings. The molecule has 0 spiro atoms. The van der Waals surface area contributed by atoms with Crippen LogP contribution in [-0.4, -0.2) is 18.7 Å². The zero-order valence-electron chi connectivity index (χ0n) is 11.2. The van der Waals surface area contributed by atoms with E-state index in [1.165, 1.54) is 5.56 Å². The zero-order chi connectivity index (χ0) is 13.5. The molecule has 0 heterocycles. The van der Waals surface area contributed by atoms with Crippen molar-refractivity contribution in [2.45, 2.75) is 33.5 Å². The van der Waals surface area contributed by atoms with Crippen LogP contribution in [0.15, 0.2) is 36.4 Å². The first kappa shape index (κ1) is 14.5. The molecule has 0 radical (unpaired) electrons. The summed E-state index contributed by atoms with van der Waals surface area (Å²) >= 11 is 0. The van der Waals surface area contributed by atoms with Gasteiger partial charge >= 0.3 is 5.97 Å². The molecule has 3 nitrogen and oxygen atoms in total. The second kappa shape index (κ2) is 6.97. The Bertz CT molecular complexity index is 406. The Morgan fingerprint density at radius 2 is 1.94 bits per heavy atom. The molecule has 0 saturated carbocycles. The van der Waals surface area contributed by atoms with Crippen LogP contribution in [0.25, 0.3) is 0 Å². The molecule has 0 aliphatic carbocycles. The minimum atomic E-state index is -0.374. The molecule has 0 aliphatic heterocycles. The zero-order valence-corrected chi connectivity index (χ0v) is 11.2. The fraction of sp³-hybridized carbons (Fsp3) is 0.400. The summed E-state index contributed by atoms with van der Waals surface area (Å²) in [4.78, 5) is 11.2. The van der Waals surface area contributed by atoms with Gasteiger partial charge in [0.05, 0.1) is 12.7 Å². The second-order valence-electron chi connectivity index (χ2n) is 4.49. The van der Waals surface area contributed by atoms with Crippen molar-refractivity contribution >= 4 is 5.97 Å². The molecule has 0 aliphatic rings. The highest BCUT2D eigenvalue weighted by Crippen LogP contribution is 2.06. The van der Waals surface area contributed by atoms with Gasteiger partial charge in [0.15, 0.2) is 0 Å². The lowest BCUT2D eigenvalue weighted by Gasteiger charge is -2.13. The maximum absolute atomic E-state index is 11.2. The van der Waals surface area contributed by atoms with Gasteiger partial charge in [-0.25, -0.2) is 4.79 Å². The third-order valence-corrected chi connectivity index (χ3v) is 2.45. The molecule has 1 aromatic carbocycles. The molecular formula is C15H20O3. The number of benzene rings is 1. The van der Waals surface area contributed by atoms with E-state index < -0.39 is 0 Å². The molecule has 0 N–H and O–H groups in total. The Balaban J connectivity index is 2.28. The van der Waals surface area contributed by atoms with E-state index in [9.17, 15) is 4.79 Å². The predicted molar refractivity (Wildman–Crippen MR) is 71.2 cm³/mol. The number of ether oxygens (including phenoxy) is 2. The summed E-state index contributed by atoms with van der Waals surface area (Å²) in [5.41, 5.74) is 2.74. The lowest BCUT2D eigenvalue weighted by molar-refractivity contribution is -0.143. The first-order chi connectivity index (χ1) is 8.49. The standard InChI is InChI=1S/C15H20O3/c1-11(2)15(16)18-9-13(4)17-10-14-7-5-12(3)6-8-14/h5-8,13H,1,9-10H2,2-4H3. The molecule has 1 atom stereocenters. The number of aryl methyl sites for hydroxylation is 1. The second-order valence-corrected chi connectivity index (χ2v) is 4.49. The van der Waals surface area contributed by atoms with Crippen LogP contribution < -0.4 is 0 Å². The molecular weight excluding hydrogens is 228 g/mol. The number of rotatable bonds is 6. The maximum atomic E-state index is 11.2. The highest BCUT2D eigenvalue weighted by molar-refractivity contribution is 5.86. The van der Waals surface area contributed by atoms with E-state index in [4.69, 9.17) is 9.47 Å². The number of carbonyl (C=O) groups excluding carboxylic acids is 1. The van der Waals surface area contributed by atoms with Crippen molar-refractivity contribution in [3.8, 4) is 0 Å².